The molecule has 0 bridgehead atoms. The summed E-state index contributed by atoms with van der Waals surface area (Å²) >= 11 is 0. The van der Waals surface area contributed by atoms with Crippen molar-refractivity contribution >= 4 is 9.90 Å². The van der Waals surface area contributed by atoms with Crippen molar-refractivity contribution in [1.82, 2.24) is 15.6 Å². The van der Waals surface area contributed by atoms with Gasteiger partial charge in [-0.1, -0.05) is 6.42 Å². The molecule has 0 aromatic carbocycles. The zero-order valence-corrected chi connectivity index (χ0v) is 12.3. The number of aromatic nitrogens is 1. The Hall–Kier alpha value is -0.370. The summed E-state index contributed by atoms with van der Waals surface area (Å²) in [5, 5.41) is 6.51. The maximum atomic E-state index is 3.28. The van der Waals surface area contributed by atoms with E-state index in [1.54, 1.807) is 0 Å². The van der Waals surface area contributed by atoms with Crippen LogP contribution in [0.3, 0.4) is 0 Å². The number of aromatic amines is 1. The van der Waals surface area contributed by atoms with E-state index < -0.39 is 0 Å². The van der Waals surface area contributed by atoms with Crippen LogP contribution in [-0.2, 0) is 0 Å². The third-order valence-electron chi connectivity index (χ3n) is 2.66. The van der Waals surface area contributed by atoms with Gasteiger partial charge < -0.3 is 15.6 Å². The van der Waals surface area contributed by atoms with E-state index in [0.29, 0.717) is 0 Å². The topological polar surface area (TPSA) is 39.8 Å². The van der Waals surface area contributed by atoms with Crippen LogP contribution in [0.1, 0.15) is 32.1 Å². The van der Waals surface area contributed by atoms with Gasteiger partial charge >= 0.3 is 0 Å². The molecule has 3 heterocycles. The zero-order valence-electron chi connectivity index (χ0n) is 10.9. The van der Waals surface area contributed by atoms with Crippen LogP contribution in [0.25, 0.3) is 0 Å². The van der Waals surface area contributed by atoms with Crippen molar-refractivity contribution in [3.05, 3.63) is 24.5 Å². The molecular formula is C13H28N3P. The first-order chi connectivity index (χ1) is 8.00. The van der Waals surface area contributed by atoms with E-state index in [2.05, 4.69) is 15.6 Å². The molecule has 0 spiro atoms. The molecular weight excluding hydrogens is 229 g/mol. The van der Waals surface area contributed by atoms with Gasteiger partial charge in [0.15, 0.2) is 0 Å². The van der Waals surface area contributed by atoms with E-state index in [4.69, 9.17) is 0 Å². The summed E-state index contributed by atoms with van der Waals surface area (Å²) in [5.74, 6) is 0. The molecule has 1 aromatic heterocycles. The Morgan fingerprint density at radius 2 is 1.00 bits per heavy atom. The highest BCUT2D eigenvalue weighted by Gasteiger charge is 1.94. The van der Waals surface area contributed by atoms with Crippen molar-refractivity contribution in [2.24, 2.45) is 0 Å². The van der Waals surface area contributed by atoms with Crippen molar-refractivity contribution < 1.29 is 0 Å². The molecule has 3 N–H and O–H groups in total. The third kappa shape index (κ3) is 11.9. The Morgan fingerprint density at radius 1 is 0.588 bits per heavy atom. The van der Waals surface area contributed by atoms with Gasteiger partial charge in [-0.15, -0.1) is 0 Å². The van der Waals surface area contributed by atoms with Gasteiger partial charge in [0.2, 0.25) is 0 Å². The van der Waals surface area contributed by atoms with Gasteiger partial charge in [0.05, 0.1) is 0 Å². The lowest BCUT2D eigenvalue weighted by Gasteiger charge is -2.08. The number of piperidine rings is 1. The molecule has 4 heteroatoms. The lowest BCUT2D eigenvalue weighted by atomic mass is 10.2. The Morgan fingerprint density at radius 3 is 1.18 bits per heavy atom. The number of hydrogen-bond donors (Lipinski definition) is 3. The fourth-order valence-corrected chi connectivity index (χ4v) is 1.70. The molecule has 1 aromatic rings. The molecule has 100 valence electrons. The summed E-state index contributed by atoms with van der Waals surface area (Å²) < 4.78 is 0. The largest absolute Gasteiger partial charge is 0.368 e. The van der Waals surface area contributed by atoms with Gasteiger partial charge in [-0.25, -0.2) is 0 Å². The van der Waals surface area contributed by atoms with Gasteiger partial charge in [-0.05, 0) is 64.0 Å². The van der Waals surface area contributed by atoms with Crippen molar-refractivity contribution in [2.75, 3.05) is 26.2 Å². The second-order valence-corrected chi connectivity index (χ2v) is 4.15. The van der Waals surface area contributed by atoms with Crippen molar-refractivity contribution in [3.63, 3.8) is 0 Å². The molecule has 2 aliphatic rings. The summed E-state index contributed by atoms with van der Waals surface area (Å²) in [5.41, 5.74) is 0. The fraction of sp³-hybridized carbons (Fsp3) is 0.692. The van der Waals surface area contributed by atoms with E-state index in [0.717, 1.165) is 0 Å². The highest BCUT2D eigenvalue weighted by Crippen LogP contribution is 1.96. The predicted octanol–water partition coefficient (Wildman–Crippen LogP) is 2.20. The lowest BCUT2D eigenvalue weighted by molar-refractivity contribution is 0.520. The van der Waals surface area contributed by atoms with Crippen LogP contribution in [0.2, 0.25) is 0 Å². The van der Waals surface area contributed by atoms with Gasteiger partial charge in [0.1, 0.15) is 0 Å². The molecule has 3 rings (SSSR count). The Bertz CT molecular complexity index is 170. The molecule has 0 amide bonds. The van der Waals surface area contributed by atoms with Gasteiger partial charge in [-0.3, -0.25) is 0 Å². The highest BCUT2D eigenvalue weighted by atomic mass is 31.0. The molecule has 1 unspecified atom stereocenters. The number of rotatable bonds is 0. The molecule has 2 aliphatic heterocycles. The minimum Gasteiger partial charge on any atom is -0.368 e. The molecule has 0 radical (unpaired) electrons. The summed E-state index contributed by atoms with van der Waals surface area (Å²) in [4.78, 5) is 2.86. The average molecular weight is 257 g/mol. The first-order valence-electron chi connectivity index (χ1n) is 6.49. The molecule has 2 fully saturated rings. The molecule has 1 atom stereocenters. The normalized spacial score (nSPS) is 17.9. The average Bonchev–Trinajstić information content (AvgIpc) is 3.10. The second-order valence-electron chi connectivity index (χ2n) is 4.15. The molecule has 3 nitrogen and oxygen atoms in total. The Balaban J connectivity index is 0.000000221. The van der Waals surface area contributed by atoms with Crippen molar-refractivity contribution in [2.45, 2.75) is 32.1 Å². The first-order valence-corrected chi connectivity index (χ1v) is 6.49. The standard InChI is InChI=1S/C5H11N.C4H9N.C4H5N.H3P/c1-2-4-6-5-3-1;2*1-2-4-5-3-1;/h6H,1-5H2;5H,1-4H2;1-5H;1H3. The fourth-order valence-electron chi connectivity index (χ4n) is 1.70. The van der Waals surface area contributed by atoms with Crippen LogP contribution in [-0.4, -0.2) is 31.2 Å². The highest BCUT2D eigenvalue weighted by molar-refractivity contribution is 6.92. The van der Waals surface area contributed by atoms with Crippen LogP contribution in [0.4, 0.5) is 0 Å². The van der Waals surface area contributed by atoms with Crippen LogP contribution in [0.15, 0.2) is 24.5 Å². The molecule has 0 aliphatic carbocycles. The number of hydrogen-bond acceptors (Lipinski definition) is 2. The lowest BCUT2D eigenvalue weighted by Crippen LogP contribution is -2.21. The van der Waals surface area contributed by atoms with Gasteiger partial charge in [-0.2, -0.15) is 9.90 Å². The third-order valence-corrected chi connectivity index (χ3v) is 2.66. The molecule has 17 heavy (non-hydrogen) atoms. The van der Waals surface area contributed by atoms with Crippen LogP contribution < -0.4 is 10.6 Å². The van der Waals surface area contributed by atoms with Gasteiger partial charge in [0.25, 0.3) is 0 Å². The first kappa shape index (κ1) is 16.6. The number of nitrogens with one attached hydrogen (secondary N) is 3. The van der Waals surface area contributed by atoms with Crippen molar-refractivity contribution in [1.29, 1.82) is 0 Å². The van der Waals surface area contributed by atoms with Crippen molar-refractivity contribution in [3.8, 4) is 0 Å². The minimum absolute atomic E-state index is 0. The monoisotopic (exact) mass is 257 g/mol. The van der Waals surface area contributed by atoms with E-state index in [1.807, 2.05) is 24.5 Å². The predicted molar refractivity (Wildman–Crippen MR) is 80.7 cm³/mol. The van der Waals surface area contributed by atoms with E-state index in [-0.39, 0.29) is 9.90 Å². The van der Waals surface area contributed by atoms with Crippen LogP contribution in [0, 0.1) is 0 Å². The van der Waals surface area contributed by atoms with Crippen LogP contribution in [0.5, 0.6) is 0 Å². The van der Waals surface area contributed by atoms with Gasteiger partial charge in [0, 0.05) is 12.4 Å². The summed E-state index contributed by atoms with van der Waals surface area (Å²) in [6.45, 7) is 5.00. The Kier molecular flexibility index (Phi) is 13.4. The second kappa shape index (κ2) is 13.7. The maximum absolute atomic E-state index is 3.28. The summed E-state index contributed by atoms with van der Waals surface area (Å²) in [6, 6.07) is 3.89. The maximum Gasteiger partial charge on any atom is 0.000496 e. The quantitative estimate of drug-likeness (QED) is 0.624. The number of H-pyrrole nitrogens is 1. The molecule has 2 saturated heterocycles. The van der Waals surface area contributed by atoms with E-state index in [1.165, 1.54) is 58.3 Å². The summed E-state index contributed by atoms with van der Waals surface area (Å²) in [6.07, 6.45) is 10.7. The smallest absolute Gasteiger partial charge is 0.000496 e. The SMILES string of the molecule is C1CCNC1.C1CCNCC1.P.c1cc[nH]c1. The van der Waals surface area contributed by atoms with E-state index in [9.17, 15) is 0 Å². The zero-order chi connectivity index (χ0) is 11.3. The minimum atomic E-state index is 0. The summed E-state index contributed by atoms with van der Waals surface area (Å²) in [7, 11) is 0. The van der Waals surface area contributed by atoms with Crippen LogP contribution >= 0.6 is 9.90 Å². The van der Waals surface area contributed by atoms with E-state index >= 15 is 0 Å². The Labute approximate surface area is 109 Å². The molecule has 0 saturated carbocycles.